The first-order valence-electron chi connectivity index (χ1n) is 7.69. The minimum atomic E-state index is 0.128. The Morgan fingerprint density at radius 1 is 1.19 bits per heavy atom. The van der Waals surface area contributed by atoms with Gasteiger partial charge in [0.05, 0.1) is 0 Å². The summed E-state index contributed by atoms with van der Waals surface area (Å²) in [6.07, 6.45) is 7.65. The van der Waals surface area contributed by atoms with Gasteiger partial charge in [-0.1, -0.05) is 34.5 Å². The third-order valence-corrected chi connectivity index (χ3v) is 4.98. The summed E-state index contributed by atoms with van der Waals surface area (Å²) >= 11 is 3.44. The van der Waals surface area contributed by atoms with Gasteiger partial charge in [0.2, 0.25) is 5.91 Å². The summed E-state index contributed by atoms with van der Waals surface area (Å²) in [5.74, 6) is 0.128. The van der Waals surface area contributed by atoms with E-state index in [-0.39, 0.29) is 5.91 Å². The maximum atomic E-state index is 12.2. The molecule has 0 unspecified atom stereocenters. The van der Waals surface area contributed by atoms with E-state index in [2.05, 4.69) is 20.8 Å². The smallest absolute Gasteiger partial charge is 0.246 e. The Hall–Kier alpha value is -1.13. The molecule has 1 saturated carbocycles. The molecule has 1 aromatic rings. The van der Waals surface area contributed by atoms with Gasteiger partial charge in [0, 0.05) is 42.8 Å². The summed E-state index contributed by atoms with van der Waals surface area (Å²) in [6.45, 7) is 3.78. The van der Waals surface area contributed by atoms with E-state index in [4.69, 9.17) is 0 Å². The molecule has 1 amide bonds. The van der Waals surface area contributed by atoms with Gasteiger partial charge in [-0.15, -0.1) is 0 Å². The molecule has 3 rings (SSSR count). The van der Waals surface area contributed by atoms with Crippen molar-refractivity contribution in [3.63, 3.8) is 0 Å². The zero-order valence-corrected chi connectivity index (χ0v) is 13.8. The van der Waals surface area contributed by atoms with E-state index in [1.165, 1.54) is 19.3 Å². The van der Waals surface area contributed by atoms with E-state index in [1.54, 1.807) is 6.08 Å². The number of rotatable bonds is 3. The van der Waals surface area contributed by atoms with Crippen molar-refractivity contribution in [2.75, 3.05) is 26.2 Å². The molecule has 0 radical (unpaired) electrons. The Labute approximate surface area is 134 Å². The van der Waals surface area contributed by atoms with Crippen LogP contribution in [0.5, 0.6) is 0 Å². The van der Waals surface area contributed by atoms with Crippen LogP contribution >= 0.6 is 15.9 Å². The number of hydrogen-bond acceptors (Lipinski definition) is 2. The molecule has 21 heavy (non-hydrogen) atoms. The number of amides is 1. The van der Waals surface area contributed by atoms with Crippen molar-refractivity contribution in [2.45, 2.75) is 25.3 Å². The van der Waals surface area contributed by atoms with Crippen molar-refractivity contribution in [2.24, 2.45) is 0 Å². The van der Waals surface area contributed by atoms with Gasteiger partial charge in [0.25, 0.3) is 0 Å². The summed E-state index contributed by atoms with van der Waals surface area (Å²) in [7, 11) is 0. The van der Waals surface area contributed by atoms with Gasteiger partial charge in [-0.2, -0.15) is 0 Å². The molecule has 0 N–H and O–H groups in total. The van der Waals surface area contributed by atoms with Crippen LogP contribution in [-0.4, -0.2) is 47.9 Å². The molecule has 0 bridgehead atoms. The second-order valence-electron chi connectivity index (χ2n) is 5.83. The summed E-state index contributed by atoms with van der Waals surface area (Å²) in [5, 5.41) is 0. The summed E-state index contributed by atoms with van der Waals surface area (Å²) < 4.78 is 1.03. The third kappa shape index (κ3) is 3.74. The number of hydrogen-bond donors (Lipinski definition) is 0. The summed E-state index contributed by atoms with van der Waals surface area (Å²) in [5.41, 5.74) is 1.05. The second-order valence-corrected chi connectivity index (χ2v) is 6.75. The Morgan fingerprint density at radius 2 is 1.95 bits per heavy atom. The highest BCUT2D eigenvalue weighted by Gasteiger charge is 2.28. The Kier molecular flexibility index (Phi) is 4.76. The molecular formula is C17H21BrN2O. The SMILES string of the molecule is O=C(C=Cc1cccc(Br)c1)N1CCN(C2CCC2)CC1. The molecule has 0 aromatic heterocycles. The first kappa shape index (κ1) is 14.8. The molecular weight excluding hydrogens is 328 g/mol. The molecule has 1 saturated heterocycles. The van der Waals surface area contributed by atoms with Crippen LogP contribution < -0.4 is 0 Å². The average Bonchev–Trinajstić information content (AvgIpc) is 2.44. The lowest BCUT2D eigenvalue weighted by atomic mass is 9.91. The zero-order chi connectivity index (χ0) is 14.7. The topological polar surface area (TPSA) is 23.6 Å². The van der Waals surface area contributed by atoms with Crippen LogP contribution in [0.4, 0.5) is 0 Å². The van der Waals surface area contributed by atoms with Crippen LogP contribution in [0.2, 0.25) is 0 Å². The van der Waals surface area contributed by atoms with Crippen molar-refractivity contribution in [1.82, 2.24) is 9.80 Å². The van der Waals surface area contributed by atoms with Crippen molar-refractivity contribution < 1.29 is 4.79 Å². The number of carbonyl (C=O) groups is 1. The van der Waals surface area contributed by atoms with Crippen LogP contribution in [0.15, 0.2) is 34.8 Å². The van der Waals surface area contributed by atoms with Crippen molar-refractivity contribution >= 4 is 27.9 Å². The first-order valence-corrected chi connectivity index (χ1v) is 8.48. The van der Waals surface area contributed by atoms with Gasteiger partial charge in [-0.05, 0) is 36.6 Å². The number of halogens is 1. The number of carbonyl (C=O) groups excluding carboxylic acids is 1. The molecule has 0 atom stereocenters. The minimum absolute atomic E-state index is 0.128. The van der Waals surface area contributed by atoms with Crippen molar-refractivity contribution in [3.8, 4) is 0 Å². The predicted octanol–water partition coefficient (Wildman–Crippen LogP) is 3.16. The van der Waals surface area contributed by atoms with Gasteiger partial charge >= 0.3 is 0 Å². The molecule has 2 fully saturated rings. The maximum Gasteiger partial charge on any atom is 0.246 e. The fourth-order valence-corrected chi connectivity index (χ4v) is 3.36. The van der Waals surface area contributed by atoms with E-state index in [0.29, 0.717) is 0 Å². The lowest BCUT2D eigenvalue weighted by Gasteiger charge is -2.42. The highest BCUT2D eigenvalue weighted by atomic mass is 79.9. The Morgan fingerprint density at radius 3 is 2.57 bits per heavy atom. The number of nitrogens with zero attached hydrogens (tertiary/aromatic N) is 2. The molecule has 3 nitrogen and oxygen atoms in total. The molecule has 1 aromatic carbocycles. The minimum Gasteiger partial charge on any atom is -0.337 e. The van der Waals surface area contributed by atoms with Crippen LogP contribution in [-0.2, 0) is 4.79 Å². The third-order valence-electron chi connectivity index (χ3n) is 4.48. The molecule has 112 valence electrons. The van der Waals surface area contributed by atoms with Crippen LogP contribution in [0, 0.1) is 0 Å². The zero-order valence-electron chi connectivity index (χ0n) is 12.2. The Balaban J connectivity index is 1.52. The van der Waals surface area contributed by atoms with Gasteiger partial charge in [0.15, 0.2) is 0 Å². The van der Waals surface area contributed by atoms with Gasteiger partial charge in [0.1, 0.15) is 0 Å². The standard InChI is InChI=1S/C17H21BrN2O/c18-15-4-1-3-14(13-15)7-8-17(21)20-11-9-19(10-12-20)16-5-2-6-16/h1,3-4,7-8,13,16H,2,5-6,9-12H2. The largest absolute Gasteiger partial charge is 0.337 e. The van der Waals surface area contributed by atoms with Crippen LogP contribution in [0.1, 0.15) is 24.8 Å². The summed E-state index contributed by atoms with van der Waals surface area (Å²) in [6, 6.07) is 8.77. The first-order chi connectivity index (χ1) is 10.2. The van der Waals surface area contributed by atoms with E-state index in [1.807, 2.05) is 35.2 Å². The maximum absolute atomic E-state index is 12.2. The molecule has 2 aliphatic rings. The van der Waals surface area contributed by atoms with Crippen LogP contribution in [0.25, 0.3) is 6.08 Å². The van der Waals surface area contributed by atoms with E-state index < -0.39 is 0 Å². The molecule has 1 aliphatic carbocycles. The highest BCUT2D eigenvalue weighted by molar-refractivity contribution is 9.10. The van der Waals surface area contributed by atoms with E-state index >= 15 is 0 Å². The molecule has 0 spiro atoms. The van der Waals surface area contributed by atoms with E-state index in [0.717, 1.165) is 42.3 Å². The van der Waals surface area contributed by atoms with Crippen LogP contribution in [0.3, 0.4) is 0 Å². The molecule has 1 heterocycles. The van der Waals surface area contributed by atoms with Gasteiger partial charge in [-0.3, -0.25) is 9.69 Å². The monoisotopic (exact) mass is 348 g/mol. The predicted molar refractivity (Wildman–Crippen MR) is 89.0 cm³/mol. The van der Waals surface area contributed by atoms with Crippen molar-refractivity contribution in [3.05, 3.63) is 40.4 Å². The fourth-order valence-electron chi connectivity index (χ4n) is 2.94. The lowest BCUT2D eigenvalue weighted by Crippen LogP contribution is -2.53. The van der Waals surface area contributed by atoms with Gasteiger partial charge < -0.3 is 4.90 Å². The summed E-state index contributed by atoms with van der Waals surface area (Å²) in [4.78, 5) is 16.7. The fraction of sp³-hybridized carbons (Fsp3) is 0.471. The highest BCUT2D eigenvalue weighted by Crippen LogP contribution is 2.25. The quantitative estimate of drug-likeness (QED) is 0.783. The Bertz CT molecular complexity index is 531. The average molecular weight is 349 g/mol. The second kappa shape index (κ2) is 6.75. The lowest BCUT2D eigenvalue weighted by molar-refractivity contribution is -0.128. The number of piperazine rings is 1. The number of benzene rings is 1. The molecule has 1 aliphatic heterocycles. The van der Waals surface area contributed by atoms with Gasteiger partial charge in [-0.25, -0.2) is 0 Å². The normalized spacial score (nSPS) is 20.7. The van der Waals surface area contributed by atoms with E-state index in [9.17, 15) is 4.79 Å². The molecule has 4 heteroatoms. The van der Waals surface area contributed by atoms with Crippen molar-refractivity contribution in [1.29, 1.82) is 0 Å².